The van der Waals surface area contributed by atoms with Gasteiger partial charge in [0.15, 0.2) is 0 Å². The van der Waals surface area contributed by atoms with Crippen molar-refractivity contribution in [3.63, 3.8) is 0 Å². The number of thiophene rings is 1. The molecule has 13 nitrogen and oxygen atoms in total. The molecule has 14 aromatic carbocycles. The maximum atomic E-state index is 14.1. The Hall–Kier alpha value is -16.4. The number of rotatable bonds is 5. The molecule has 10 aromatic heterocycles. The Morgan fingerprint density at radius 3 is 1.46 bits per heavy atom. The molecule has 0 amide bonds. The third-order valence-corrected chi connectivity index (χ3v) is 25.4. The fourth-order valence-corrected chi connectivity index (χ4v) is 20.1. The summed E-state index contributed by atoms with van der Waals surface area (Å²) < 4.78 is 15.7. The zero-order valence-electron chi connectivity index (χ0n) is 65.6. The van der Waals surface area contributed by atoms with E-state index in [0.717, 1.165) is 116 Å². The normalized spacial score (nSPS) is 12.3. The minimum absolute atomic E-state index is 0.0344. The molecule has 123 heavy (non-hydrogen) atoms. The Bertz CT molecular complexity index is 8730. The highest BCUT2D eigenvalue weighted by molar-refractivity contribution is 7.25. The van der Waals surface area contributed by atoms with Crippen molar-refractivity contribution < 1.29 is 4.42 Å². The van der Waals surface area contributed by atoms with Gasteiger partial charge in [-0.1, -0.05) is 243 Å². The summed E-state index contributed by atoms with van der Waals surface area (Å²) >= 11 is 1.78. The predicted molar refractivity (Wildman–Crippen MR) is 501 cm³/mol. The van der Waals surface area contributed by atoms with Gasteiger partial charge in [-0.15, -0.1) is 11.3 Å². The summed E-state index contributed by atoms with van der Waals surface area (Å²) in [7, 11) is 0. The van der Waals surface area contributed by atoms with Crippen molar-refractivity contribution in [2.45, 2.75) is 5.41 Å². The lowest BCUT2D eigenvalue weighted by Gasteiger charge is -2.30. The molecule has 24 aromatic rings. The molecule has 0 fully saturated rings. The highest BCUT2D eigenvalue weighted by Gasteiger charge is 2.51. The molecule has 2 aliphatic carbocycles. The summed E-state index contributed by atoms with van der Waals surface area (Å²) in [5, 5.41) is 11.4. The van der Waals surface area contributed by atoms with Crippen molar-refractivity contribution in [2.75, 3.05) is 0 Å². The molecule has 0 N–H and O–H groups in total. The number of nitrogens with zero attached hydrogens (tertiary/aromatic N) is 8. The number of furan rings is 1. The van der Waals surface area contributed by atoms with Crippen LogP contribution in [-0.4, -0.2) is 38.2 Å². The van der Waals surface area contributed by atoms with Gasteiger partial charge in [-0.25, -0.2) is 0 Å². The van der Waals surface area contributed by atoms with Crippen LogP contribution >= 0.6 is 11.3 Å². The molecular weight excluding hydrogens is 1530 g/mol. The largest absolute Gasteiger partial charge is 0.455 e. The van der Waals surface area contributed by atoms with Gasteiger partial charge in [-0.2, -0.15) is 0 Å². The zero-order chi connectivity index (χ0) is 82.0. The molecule has 578 valence electrons. The molecule has 14 heteroatoms. The van der Waals surface area contributed by atoms with E-state index in [-0.39, 0.29) is 22.2 Å². The lowest BCUT2D eigenvalue weighted by atomic mass is 9.70. The third-order valence-electron chi connectivity index (χ3n) is 24.3. The molecule has 0 aliphatic heterocycles. The molecule has 0 saturated carbocycles. The minimum Gasteiger partial charge on any atom is -0.455 e. The van der Waals surface area contributed by atoms with Gasteiger partial charge in [0.05, 0.1) is 60.2 Å². The van der Waals surface area contributed by atoms with Crippen LogP contribution < -0.4 is 22.2 Å². The molecule has 10 heterocycles. The first-order valence-electron chi connectivity index (χ1n) is 40.7. The van der Waals surface area contributed by atoms with Crippen molar-refractivity contribution in [3.05, 3.63) is 465 Å². The van der Waals surface area contributed by atoms with Crippen LogP contribution in [0.5, 0.6) is 0 Å². The number of fused-ring (bicyclic) bond motifs is 29. The van der Waals surface area contributed by atoms with Gasteiger partial charge in [-0.05, 0) is 183 Å². The minimum atomic E-state index is -0.455. The maximum absolute atomic E-state index is 14.1. The molecule has 0 unspecified atom stereocenters. The van der Waals surface area contributed by atoms with Gasteiger partial charge in [0.1, 0.15) is 11.2 Å². The second-order valence-electron chi connectivity index (χ2n) is 30.8. The average molecular weight is 1600 g/mol. The Morgan fingerprint density at radius 2 is 0.748 bits per heavy atom. The van der Waals surface area contributed by atoms with E-state index in [1.165, 1.54) is 64.7 Å². The summed E-state index contributed by atoms with van der Waals surface area (Å²) in [5.41, 5.74) is 22.2. The van der Waals surface area contributed by atoms with Gasteiger partial charge in [0.25, 0.3) is 22.2 Å². The highest BCUT2D eigenvalue weighted by Crippen LogP contribution is 2.63. The van der Waals surface area contributed by atoms with Crippen LogP contribution in [0.25, 0.3) is 185 Å². The number of aromatic nitrogens is 8. The monoisotopic (exact) mass is 1600 g/mol. The Labute approximate surface area is 704 Å². The van der Waals surface area contributed by atoms with E-state index in [1.54, 1.807) is 57.5 Å². The first-order chi connectivity index (χ1) is 60.7. The van der Waals surface area contributed by atoms with E-state index in [2.05, 4.69) is 167 Å². The molecule has 0 radical (unpaired) electrons. The van der Waals surface area contributed by atoms with Gasteiger partial charge in [0.2, 0.25) is 0 Å². The first kappa shape index (κ1) is 71.9. The van der Waals surface area contributed by atoms with Crippen molar-refractivity contribution in [1.29, 1.82) is 0 Å². The quantitative estimate of drug-likeness (QED) is 0.153. The Morgan fingerprint density at radius 1 is 0.268 bits per heavy atom. The summed E-state index contributed by atoms with van der Waals surface area (Å²) in [6, 6.07) is 124. The lowest BCUT2D eigenvalue weighted by Crippen LogP contribution is -2.26. The summed E-state index contributed by atoms with van der Waals surface area (Å²) in [6.45, 7) is 0. The highest BCUT2D eigenvalue weighted by atomic mass is 32.1. The fraction of sp³-hybridized carbons (Fsp3) is 0.00917. The SMILES string of the molecule is O=c1c2c3ccccc3oc2c2ccccc2n1-c1ccccc1.O=c1c2ccccc2c2ncccc2n1-c1ccc2c(c1)C1(c3ccccc3-c3ccccc31)c1ccccc1-2.O=c1c2ccncc2c2ncccc2n1-c1cccc(-c2ccccc2)c1.O=c1c2cnc3ccccc3c2c2ccccc2n1-c1ccc2sc3ccccc3c2c1. The van der Waals surface area contributed by atoms with Crippen molar-refractivity contribution >= 4 is 141 Å². The number of hydrogen-bond acceptors (Lipinski definition) is 10. The van der Waals surface area contributed by atoms with Crippen LogP contribution in [0.3, 0.4) is 0 Å². The number of hydrogen-bond donors (Lipinski definition) is 0. The predicted octanol–water partition coefficient (Wildman–Crippen LogP) is 24.4. The van der Waals surface area contributed by atoms with E-state index >= 15 is 0 Å². The van der Waals surface area contributed by atoms with Crippen molar-refractivity contribution in [3.8, 4) is 56.1 Å². The van der Waals surface area contributed by atoms with Gasteiger partial charge >= 0.3 is 0 Å². The van der Waals surface area contributed by atoms with E-state index in [9.17, 15) is 19.2 Å². The zero-order valence-corrected chi connectivity index (χ0v) is 66.4. The standard InChI is InChI=1S/C37H22N2O.C28H16N2OS.C23H15N3O.C21H13NO2/c40-36-29-14-2-1-13-28(29)35-34(18-9-21-38-35)39(36)23-19-20-27-26-12-5-8-17-32(26)37(33(27)22-23)30-15-6-3-10-24(30)25-11-4-7-16-31(25)37;31-28-22-16-29-23-10-4-1-8-19(23)27(22)20-9-2-5-11-24(20)30(28)17-13-14-26-21(15-17)18-7-3-6-12-25(18)32-26;27-23-19-11-13-24-15-20(19)22-21(10-5-12-25-22)26(23)18-9-4-8-17(14-18)16-6-2-1-3-7-16;23-21-19-16-11-5-7-13-18(16)24-20(19)15-10-4-6-12-17(15)22(21)14-8-2-1-3-9-14/h1-22H;1-16H;1-15H;1-13H. The van der Waals surface area contributed by atoms with Gasteiger partial charge in [0, 0.05) is 117 Å². The molecule has 0 saturated heterocycles. The average Bonchev–Trinajstić information content (AvgIpc) is 1.51. The summed E-state index contributed by atoms with van der Waals surface area (Å²) in [5.74, 6) is 0. The number of benzene rings is 14. The maximum Gasteiger partial charge on any atom is 0.267 e. The fourth-order valence-electron chi connectivity index (χ4n) is 19.0. The van der Waals surface area contributed by atoms with Gasteiger partial charge < -0.3 is 4.42 Å². The molecule has 2 aliphatic rings. The Kier molecular flexibility index (Phi) is 16.9. The second kappa shape index (κ2) is 29.0. The van der Waals surface area contributed by atoms with Crippen LogP contribution in [0, 0.1) is 0 Å². The van der Waals surface area contributed by atoms with Crippen LogP contribution in [0.1, 0.15) is 22.3 Å². The molecule has 0 bridgehead atoms. The van der Waals surface area contributed by atoms with Crippen molar-refractivity contribution in [1.82, 2.24) is 38.2 Å². The third kappa shape index (κ3) is 11.3. The first-order valence-corrected chi connectivity index (χ1v) is 41.5. The second-order valence-corrected chi connectivity index (χ2v) is 31.9. The lowest BCUT2D eigenvalue weighted by molar-refractivity contribution is 0.672. The van der Waals surface area contributed by atoms with Crippen LogP contribution in [0.15, 0.2) is 425 Å². The topological polar surface area (TPSA) is 153 Å². The molecule has 1 spiro atoms. The van der Waals surface area contributed by atoms with Crippen LogP contribution in [0.2, 0.25) is 0 Å². The van der Waals surface area contributed by atoms with E-state index < -0.39 is 5.41 Å². The van der Waals surface area contributed by atoms with Crippen LogP contribution in [0.4, 0.5) is 0 Å². The molecule has 26 rings (SSSR count). The van der Waals surface area contributed by atoms with Crippen LogP contribution in [-0.2, 0) is 5.41 Å². The number of pyridine rings is 8. The van der Waals surface area contributed by atoms with E-state index in [0.29, 0.717) is 27.1 Å². The van der Waals surface area contributed by atoms with Crippen molar-refractivity contribution in [2.24, 2.45) is 0 Å². The van der Waals surface area contributed by atoms with E-state index in [1.807, 2.05) is 221 Å². The molecule has 0 atom stereocenters. The van der Waals surface area contributed by atoms with E-state index in [4.69, 9.17) is 9.40 Å². The molecular formula is C109H66N8O5S. The summed E-state index contributed by atoms with van der Waals surface area (Å²) in [6.07, 6.45) is 8.61. The number of para-hydroxylation sites is 5. The summed E-state index contributed by atoms with van der Waals surface area (Å²) in [4.78, 5) is 72.6. The van der Waals surface area contributed by atoms with Gasteiger partial charge in [-0.3, -0.25) is 57.4 Å². The smallest absolute Gasteiger partial charge is 0.267 e. The Balaban J connectivity index is 0.0000000968.